The monoisotopic (exact) mass is 243 g/mol. The zero-order valence-corrected chi connectivity index (χ0v) is 9.72. The first kappa shape index (κ1) is 12.0. The number of benzene rings is 1. The van der Waals surface area contributed by atoms with Gasteiger partial charge in [0.2, 0.25) is 0 Å². The zero-order chi connectivity index (χ0) is 13.1. The highest BCUT2D eigenvalue weighted by Gasteiger charge is 2.06. The van der Waals surface area contributed by atoms with E-state index in [9.17, 15) is 9.18 Å². The molecule has 0 radical (unpaired) electrons. The molecule has 1 aromatic heterocycles. The molecule has 0 N–H and O–H groups in total. The molecule has 2 aromatic rings. The van der Waals surface area contributed by atoms with Crippen molar-refractivity contribution in [3.8, 4) is 6.07 Å². The fraction of sp³-hybridized carbons (Fsp3) is 0.154. The van der Waals surface area contributed by atoms with Gasteiger partial charge in [-0.25, -0.2) is 9.37 Å². The topological polar surface area (TPSA) is 58.7 Å². The predicted molar refractivity (Wildman–Crippen MR) is 62.6 cm³/mol. The first-order valence-corrected chi connectivity index (χ1v) is 5.31. The van der Waals surface area contributed by atoms with Crippen LogP contribution in [0.2, 0.25) is 0 Å². The number of imidazole rings is 1. The second kappa shape index (κ2) is 4.80. The van der Waals surface area contributed by atoms with E-state index in [4.69, 9.17) is 5.26 Å². The quantitative estimate of drug-likeness (QED) is 0.775. The second-order valence-electron chi connectivity index (χ2n) is 3.88. The van der Waals surface area contributed by atoms with Gasteiger partial charge < -0.3 is 4.57 Å². The lowest BCUT2D eigenvalue weighted by Gasteiger charge is -2.05. The van der Waals surface area contributed by atoms with Gasteiger partial charge in [0.15, 0.2) is 6.29 Å². The van der Waals surface area contributed by atoms with Crippen LogP contribution in [0.5, 0.6) is 0 Å². The average Bonchev–Trinajstić information content (AvgIpc) is 2.70. The van der Waals surface area contributed by atoms with Crippen molar-refractivity contribution in [1.29, 1.82) is 5.26 Å². The van der Waals surface area contributed by atoms with Gasteiger partial charge in [0.25, 0.3) is 0 Å². The molecule has 18 heavy (non-hydrogen) atoms. The maximum absolute atomic E-state index is 13.4. The van der Waals surface area contributed by atoms with Gasteiger partial charge in [-0.3, -0.25) is 4.79 Å². The smallest absolute Gasteiger partial charge is 0.170 e. The molecule has 0 bridgehead atoms. The Balaban J connectivity index is 2.29. The lowest BCUT2D eigenvalue weighted by molar-refractivity contribution is 0.111. The molecule has 0 aliphatic carbocycles. The van der Waals surface area contributed by atoms with Crippen molar-refractivity contribution in [3.05, 3.63) is 52.9 Å². The Morgan fingerprint density at radius 2 is 2.33 bits per heavy atom. The van der Waals surface area contributed by atoms with Crippen molar-refractivity contribution in [2.75, 3.05) is 0 Å². The summed E-state index contributed by atoms with van der Waals surface area (Å²) in [5, 5.41) is 8.63. The molecule has 2 rings (SSSR count). The summed E-state index contributed by atoms with van der Waals surface area (Å²) in [6.45, 7) is 2.18. The van der Waals surface area contributed by atoms with E-state index in [0.29, 0.717) is 29.9 Å². The van der Waals surface area contributed by atoms with Crippen LogP contribution in [-0.4, -0.2) is 15.8 Å². The number of hydrogen-bond donors (Lipinski definition) is 0. The Morgan fingerprint density at radius 1 is 1.56 bits per heavy atom. The van der Waals surface area contributed by atoms with Crippen LogP contribution >= 0.6 is 0 Å². The third kappa shape index (κ3) is 2.28. The summed E-state index contributed by atoms with van der Waals surface area (Å²) in [7, 11) is 0. The molecule has 5 heteroatoms. The highest BCUT2D eigenvalue weighted by atomic mass is 19.1. The van der Waals surface area contributed by atoms with Crippen LogP contribution in [0.3, 0.4) is 0 Å². The molecular weight excluding hydrogens is 233 g/mol. The first-order chi connectivity index (χ1) is 8.63. The van der Waals surface area contributed by atoms with E-state index >= 15 is 0 Å². The Kier molecular flexibility index (Phi) is 3.20. The number of carbonyl (C=O) groups is 1. The molecule has 1 aromatic carbocycles. The van der Waals surface area contributed by atoms with Crippen LogP contribution in [0, 0.1) is 24.1 Å². The van der Waals surface area contributed by atoms with Crippen molar-refractivity contribution in [3.63, 3.8) is 0 Å². The van der Waals surface area contributed by atoms with Crippen molar-refractivity contribution >= 4 is 6.29 Å². The number of aryl methyl sites for hydroxylation is 1. The maximum atomic E-state index is 13.4. The molecule has 1 heterocycles. The Hall–Kier alpha value is -2.48. The number of aromatic nitrogens is 2. The van der Waals surface area contributed by atoms with Gasteiger partial charge in [-0.05, 0) is 24.6 Å². The molecule has 4 nitrogen and oxygen atoms in total. The van der Waals surface area contributed by atoms with Crippen molar-refractivity contribution in [2.24, 2.45) is 0 Å². The summed E-state index contributed by atoms with van der Waals surface area (Å²) < 4.78 is 15.2. The number of carbonyl (C=O) groups excluding carboxylic acids is 1. The molecule has 0 fully saturated rings. The lowest BCUT2D eigenvalue weighted by Crippen LogP contribution is -2.01. The minimum Gasteiger partial charge on any atom is -0.330 e. The largest absolute Gasteiger partial charge is 0.330 e. The molecule has 0 saturated heterocycles. The average molecular weight is 243 g/mol. The minimum absolute atomic E-state index is 0.0229. The SMILES string of the molecule is Cc1nc(C=O)cn1Cc1ccc(C#N)c(F)c1. The molecule has 0 atom stereocenters. The summed E-state index contributed by atoms with van der Waals surface area (Å²) in [5.74, 6) is 0.144. The van der Waals surface area contributed by atoms with E-state index in [1.165, 1.54) is 12.1 Å². The second-order valence-corrected chi connectivity index (χ2v) is 3.88. The molecule has 0 unspecified atom stereocenters. The Morgan fingerprint density at radius 3 is 2.89 bits per heavy atom. The number of nitrogens with zero attached hydrogens (tertiary/aromatic N) is 3. The van der Waals surface area contributed by atoms with E-state index in [2.05, 4.69) is 4.98 Å². The summed E-state index contributed by atoms with van der Waals surface area (Å²) in [5.41, 5.74) is 1.08. The Labute approximate surface area is 103 Å². The maximum Gasteiger partial charge on any atom is 0.170 e. The van der Waals surface area contributed by atoms with Crippen LogP contribution in [0.4, 0.5) is 4.39 Å². The fourth-order valence-corrected chi connectivity index (χ4v) is 1.69. The third-order valence-corrected chi connectivity index (χ3v) is 2.62. The standard InChI is InChI=1S/C13H10FN3O/c1-9-16-12(8-18)7-17(9)6-10-2-3-11(5-15)13(14)4-10/h2-4,7-8H,6H2,1H3. The molecule has 0 aliphatic heterocycles. The van der Waals surface area contributed by atoms with Gasteiger partial charge in [-0.15, -0.1) is 0 Å². The fourth-order valence-electron chi connectivity index (χ4n) is 1.69. The predicted octanol–water partition coefficient (Wildman–Crippen LogP) is 2.06. The molecule has 0 amide bonds. The van der Waals surface area contributed by atoms with Crippen LogP contribution in [0.25, 0.3) is 0 Å². The van der Waals surface area contributed by atoms with E-state index in [1.54, 1.807) is 29.8 Å². The summed E-state index contributed by atoms with van der Waals surface area (Å²) in [6, 6.07) is 6.21. The van der Waals surface area contributed by atoms with Gasteiger partial charge in [-0.1, -0.05) is 6.07 Å². The third-order valence-electron chi connectivity index (χ3n) is 2.62. The number of rotatable bonds is 3. The van der Waals surface area contributed by atoms with Crippen LogP contribution in [0.15, 0.2) is 24.4 Å². The van der Waals surface area contributed by atoms with Crippen molar-refractivity contribution in [1.82, 2.24) is 9.55 Å². The lowest BCUT2D eigenvalue weighted by atomic mass is 10.1. The molecule has 90 valence electrons. The van der Waals surface area contributed by atoms with Gasteiger partial charge in [0.05, 0.1) is 5.56 Å². The molecular formula is C13H10FN3O. The number of hydrogen-bond acceptors (Lipinski definition) is 3. The zero-order valence-electron chi connectivity index (χ0n) is 9.72. The minimum atomic E-state index is -0.539. The number of aldehydes is 1. The van der Waals surface area contributed by atoms with Gasteiger partial charge in [0.1, 0.15) is 23.4 Å². The Bertz CT molecular complexity index is 640. The van der Waals surface area contributed by atoms with Crippen LogP contribution in [-0.2, 0) is 6.54 Å². The van der Waals surface area contributed by atoms with E-state index < -0.39 is 5.82 Å². The van der Waals surface area contributed by atoms with E-state index in [1.807, 2.05) is 0 Å². The molecule has 0 saturated carbocycles. The van der Waals surface area contributed by atoms with Gasteiger partial charge >= 0.3 is 0 Å². The van der Waals surface area contributed by atoms with Gasteiger partial charge in [0, 0.05) is 12.7 Å². The highest BCUT2D eigenvalue weighted by Crippen LogP contribution is 2.12. The van der Waals surface area contributed by atoms with Crippen LogP contribution < -0.4 is 0 Å². The number of nitriles is 1. The first-order valence-electron chi connectivity index (χ1n) is 5.31. The molecule has 0 aliphatic rings. The molecule has 0 spiro atoms. The summed E-state index contributed by atoms with van der Waals surface area (Å²) in [4.78, 5) is 14.6. The van der Waals surface area contributed by atoms with Gasteiger partial charge in [-0.2, -0.15) is 5.26 Å². The van der Waals surface area contributed by atoms with E-state index in [-0.39, 0.29) is 5.56 Å². The van der Waals surface area contributed by atoms with Crippen LogP contribution in [0.1, 0.15) is 27.4 Å². The van der Waals surface area contributed by atoms with Crippen molar-refractivity contribution < 1.29 is 9.18 Å². The van der Waals surface area contributed by atoms with E-state index in [0.717, 1.165) is 0 Å². The number of halogens is 1. The normalized spacial score (nSPS) is 10.1. The summed E-state index contributed by atoms with van der Waals surface area (Å²) in [6.07, 6.45) is 2.28. The van der Waals surface area contributed by atoms with Crippen molar-refractivity contribution in [2.45, 2.75) is 13.5 Å². The summed E-state index contributed by atoms with van der Waals surface area (Å²) >= 11 is 0. The highest BCUT2D eigenvalue weighted by molar-refractivity contribution is 5.71.